The summed E-state index contributed by atoms with van der Waals surface area (Å²) in [7, 11) is 1.67. The van der Waals surface area contributed by atoms with Crippen LogP contribution in [0.25, 0.3) is 0 Å². The highest BCUT2D eigenvalue weighted by molar-refractivity contribution is 5.38. The van der Waals surface area contributed by atoms with Gasteiger partial charge in [-0.2, -0.15) is 5.26 Å². The lowest BCUT2D eigenvalue weighted by atomic mass is 9.74. The Kier molecular flexibility index (Phi) is 5.03. The SMILES string of the molecule is CCCCN1CCC(C#N)(c2cccc(OC)c2)CC1. The van der Waals surface area contributed by atoms with Crippen LogP contribution in [0.2, 0.25) is 0 Å². The third-order valence-corrected chi connectivity index (χ3v) is 4.37. The van der Waals surface area contributed by atoms with Crippen LogP contribution in [0.1, 0.15) is 38.2 Å². The standard InChI is InChI=1S/C17H24N2O/c1-3-4-10-19-11-8-17(14-18,9-12-19)15-6-5-7-16(13-15)20-2/h5-7,13H,3-4,8-12H2,1-2H3. The van der Waals surface area contributed by atoms with Gasteiger partial charge in [0, 0.05) is 0 Å². The number of ether oxygens (including phenoxy) is 1. The van der Waals surface area contributed by atoms with Crippen LogP contribution in [-0.2, 0) is 5.41 Å². The van der Waals surface area contributed by atoms with Crippen LogP contribution >= 0.6 is 0 Å². The van der Waals surface area contributed by atoms with Gasteiger partial charge in [0.2, 0.25) is 0 Å². The van der Waals surface area contributed by atoms with E-state index in [0.29, 0.717) is 0 Å². The quantitative estimate of drug-likeness (QED) is 0.824. The van der Waals surface area contributed by atoms with Gasteiger partial charge in [0.1, 0.15) is 5.75 Å². The van der Waals surface area contributed by atoms with E-state index in [9.17, 15) is 5.26 Å². The predicted octanol–water partition coefficient (Wildman–Crippen LogP) is 3.35. The first-order chi connectivity index (χ1) is 9.74. The molecule has 0 aromatic heterocycles. The smallest absolute Gasteiger partial charge is 0.119 e. The molecular formula is C17H24N2O. The van der Waals surface area contributed by atoms with E-state index in [1.54, 1.807) is 7.11 Å². The molecule has 1 fully saturated rings. The van der Waals surface area contributed by atoms with E-state index in [0.717, 1.165) is 43.8 Å². The average molecular weight is 272 g/mol. The van der Waals surface area contributed by atoms with E-state index >= 15 is 0 Å². The van der Waals surface area contributed by atoms with Gasteiger partial charge in [0.15, 0.2) is 0 Å². The fourth-order valence-electron chi connectivity index (χ4n) is 2.93. The van der Waals surface area contributed by atoms with Crippen LogP contribution in [0.4, 0.5) is 0 Å². The lowest BCUT2D eigenvalue weighted by molar-refractivity contribution is 0.184. The summed E-state index contributed by atoms with van der Waals surface area (Å²) >= 11 is 0. The topological polar surface area (TPSA) is 36.3 Å². The van der Waals surface area contributed by atoms with E-state index < -0.39 is 0 Å². The molecule has 0 N–H and O–H groups in total. The first-order valence-electron chi connectivity index (χ1n) is 7.52. The molecule has 3 heteroatoms. The minimum atomic E-state index is -0.336. The molecule has 1 heterocycles. The highest BCUT2D eigenvalue weighted by atomic mass is 16.5. The van der Waals surface area contributed by atoms with E-state index in [1.165, 1.54) is 12.8 Å². The molecule has 1 aliphatic heterocycles. The van der Waals surface area contributed by atoms with Gasteiger partial charge in [-0.25, -0.2) is 0 Å². The Hall–Kier alpha value is -1.53. The van der Waals surface area contributed by atoms with Crippen LogP contribution in [0.3, 0.4) is 0 Å². The number of hydrogen-bond acceptors (Lipinski definition) is 3. The maximum Gasteiger partial charge on any atom is 0.119 e. The summed E-state index contributed by atoms with van der Waals surface area (Å²) in [5, 5.41) is 9.71. The Morgan fingerprint density at radius 2 is 2.10 bits per heavy atom. The van der Waals surface area contributed by atoms with Crippen molar-refractivity contribution in [2.24, 2.45) is 0 Å². The number of unbranched alkanes of at least 4 members (excludes halogenated alkanes) is 1. The highest BCUT2D eigenvalue weighted by Gasteiger charge is 2.36. The van der Waals surface area contributed by atoms with Gasteiger partial charge in [0.05, 0.1) is 18.6 Å². The molecule has 20 heavy (non-hydrogen) atoms. The van der Waals surface area contributed by atoms with Crippen LogP contribution in [0, 0.1) is 11.3 Å². The van der Waals surface area contributed by atoms with Crippen molar-refractivity contribution in [2.75, 3.05) is 26.7 Å². The zero-order valence-corrected chi connectivity index (χ0v) is 12.6. The summed E-state index contributed by atoms with van der Waals surface area (Å²) in [5.41, 5.74) is 0.770. The molecule has 0 spiro atoms. The number of benzene rings is 1. The lowest BCUT2D eigenvalue weighted by Crippen LogP contribution is -2.42. The third kappa shape index (κ3) is 3.13. The number of likely N-dealkylation sites (tertiary alicyclic amines) is 1. The summed E-state index contributed by atoms with van der Waals surface area (Å²) in [4.78, 5) is 2.49. The molecule has 0 saturated carbocycles. The van der Waals surface area contributed by atoms with Gasteiger partial charge in [-0.15, -0.1) is 0 Å². The molecular weight excluding hydrogens is 248 g/mol. The maximum absolute atomic E-state index is 9.71. The first-order valence-corrected chi connectivity index (χ1v) is 7.52. The summed E-state index contributed by atoms with van der Waals surface area (Å²) in [6.07, 6.45) is 4.31. The van der Waals surface area contributed by atoms with Gasteiger partial charge in [-0.3, -0.25) is 0 Å². The molecule has 1 aromatic carbocycles. The Morgan fingerprint density at radius 1 is 1.35 bits per heavy atom. The van der Waals surface area contributed by atoms with Crippen molar-refractivity contribution in [3.63, 3.8) is 0 Å². The molecule has 0 atom stereocenters. The molecule has 0 unspecified atom stereocenters. The fourth-order valence-corrected chi connectivity index (χ4v) is 2.93. The summed E-state index contributed by atoms with van der Waals surface area (Å²) in [5.74, 6) is 0.838. The monoisotopic (exact) mass is 272 g/mol. The molecule has 0 amide bonds. The predicted molar refractivity (Wildman–Crippen MR) is 80.9 cm³/mol. The zero-order valence-electron chi connectivity index (χ0n) is 12.6. The molecule has 1 saturated heterocycles. The highest BCUT2D eigenvalue weighted by Crippen LogP contribution is 2.36. The zero-order chi connectivity index (χ0) is 14.4. The van der Waals surface area contributed by atoms with Crippen molar-refractivity contribution in [1.29, 1.82) is 5.26 Å². The molecule has 1 aliphatic rings. The molecule has 3 nitrogen and oxygen atoms in total. The molecule has 108 valence electrons. The van der Waals surface area contributed by atoms with Crippen molar-refractivity contribution < 1.29 is 4.74 Å². The summed E-state index contributed by atoms with van der Waals surface area (Å²) < 4.78 is 5.29. The van der Waals surface area contributed by atoms with Gasteiger partial charge in [0.25, 0.3) is 0 Å². The fraction of sp³-hybridized carbons (Fsp3) is 0.588. The second kappa shape index (κ2) is 6.76. The number of rotatable bonds is 5. The molecule has 0 bridgehead atoms. The van der Waals surface area contributed by atoms with Crippen LogP contribution in [0.15, 0.2) is 24.3 Å². The number of nitriles is 1. The third-order valence-electron chi connectivity index (χ3n) is 4.37. The van der Waals surface area contributed by atoms with Gasteiger partial charge in [-0.05, 0) is 56.6 Å². The number of hydrogen-bond donors (Lipinski definition) is 0. The first kappa shape index (κ1) is 14.9. The number of piperidine rings is 1. The Labute approximate surface area is 122 Å². The van der Waals surface area contributed by atoms with E-state index in [1.807, 2.05) is 18.2 Å². The Balaban J connectivity index is 2.10. The van der Waals surface area contributed by atoms with Crippen molar-refractivity contribution in [1.82, 2.24) is 4.90 Å². The van der Waals surface area contributed by atoms with Crippen molar-refractivity contribution in [3.8, 4) is 11.8 Å². The minimum absolute atomic E-state index is 0.336. The normalized spacial score (nSPS) is 18.4. The van der Waals surface area contributed by atoms with Crippen LogP contribution in [-0.4, -0.2) is 31.6 Å². The Bertz CT molecular complexity index is 470. The van der Waals surface area contributed by atoms with Gasteiger partial charge in [-0.1, -0.05) is 25.5 Å². The minimum Gasteiger partial charge on any atom is -0.497 e. The van der Waals surface area contributed by atoms with E-state index in [4.69, 9.17) is 4.74 Å². The Morgan fingerprint density at radius 3 is 2.70 bits per heavy atom. The molecule has 1 aromatic rings. The van der Waals surface area contributed by atoms with Crippen molar-refractivity contribution >= 4 is 0 Å². The van der Waals surface area contributed by atoms with Gasteiger partial charge >= 0.3 is 0 Å². The van der Waals surface area contributed by atoms with Crippen molar-refractivity contribution in [2.45, 2.75) is 38.0 Å². The summed E-state index contributed by atoms with van der Waals surface area (Å²) in [6, 6.07) is 10.6. The average Bonchev–Trinajstić information content (AvgIpc) is 2.53. The molecule has 0 radical (unpaired) electrons. The van der Waals surface area contributed by atoms with Crippen molar-refractivity contribution in [3.05, 3.63) is 29.8 Å². The second-order valence-electron chi connectivity index (χ2n) is 5.62. The second-order valence-corrected chi connectivity index (χ2v) is 5.62. The van der Waals surface area contributed by atoms with E-state index in [-0.39, 0.29) is 5.41 Å². The number of nitrogens with zero attached hydrogens (tertiary/aromatic N) is 2. The largest absolute Gasteiger partial charge is 0.497 e. The summed E-state index contributed by atoms with van der Waals surface area (Å²) in [6.45, 7) is 5.42. The van der Waals surface area contributed by atoms with Crippen LogP contribution < -0.4 is 4.74 Å². The molecule has 0 aliphatic carbocycles. The lowest BCUT2D eigenvalue weighted by Gasteiger charge is -2.37. The van der Waals surface area contributed by atoms with Gasteiger partial charge < -0.3 is 9.64 Å². The van der Waals surface area contributed by atoms with E-state index in [2.05, 4.69) is 24.0 Å². The molecule has 2 rings (SSSR count). The maximum atomic E-state index is 9.71. The number of methoxy groups -OCH3 is 1. The van der Waals surface area contributed by atoms with Crippen LogP contribution in [0.5, 0.6) is 5.75 Å².